The predicted octanol–water partition coefficient (Wildman–Crippen LogP) is 2.49. The van der Waals surface area contributed by atoms with E-state index >= 15 is 0 Å². The first-order chi connectivity index (χ1) is 13.1. The first-order valence-electron chi connectivity index (χ1n) is 8.69. The predicted molar refractivity (Wildman–Crippen MR) is 100 cm³/mol. The van der Waals surface area contributed by atoms with Crippen molar-refractivity contribution in [1.29, 1.82) is 0 Å². The van der Waals surface area contributed by atoms with E-state index < -0.39 is 6.09 Å². The Morgan fingerprint density at radius 1 is 1.22 bits per heavy atom. The molecule has 3 aromatic rings. The number of fused-ring (bicyclic) bond motifs is 3. The Morgan fingerprint density at radius 2 is 2.04 bits per heavy atom. The highest BCUT2D eigenvalue weighted by molar-refractivity contribution is 5.81. The highest BCUT2D eigenvalue weighted by atomic mass is 16.5. The van der Waals surface area contributed by atoms with Gasteiger partial charge in [0.15, 0.2) is 0 Å². The number of hydrogen-bond donors (Lipinski definition) is 1. The molecule has 0 unspecified atom stereocenters. The van der Waals surface area contributed by atoms with Crippen molar-refractivity contribution in [3.8, 4) is 5.75 Å². The van der Waals surface area contributed by atoms with Gasteiger partial charge in [0.25, 0.3) is 5.56 Å². The molecule has 1 aromatic carbocycles. The van der Waals surface area contributed by atoms with E-state index in [1.54, 1.807) is 17.9 Å². The van der Waals surface area contributed by atoms with E-state index in [2.05, 4.69) is 4.98 Å². The van der Waals surface area contributed by atoms with Crippen LogP contribution >= 0.6 is 0 Å². The number of carbonyl (C=O) groups is 1. The standard InChI is InChI=1S/C20H19N3O4/c1-27-17-7-3-2-5-13(17)11-23-18-15(6-4-9-21-18)14-8-10-22(20(25)26)12-16(14)19(23)24/h2-7,9H,8,10-12H2,1H3,(H,25,26). The molecule has 0 atom stereocenters. The fraction of sp³-hybridized carbons (Fsp3) is 0.250. The molecule has 0 fully saturated rings. The Labute approximate surface area is 155 Å². The van der Waals surface area contributed by atoms with Gasteiger partial charge >= 0.3 is 6.09 Å². The third kappa shape index (κ3) is 2.91. The van der Waals surface area contributed by atoms with Crippen LogP contribution in [0.1, 0.15) is 16.7 Å². The molecule has 138 valence electrons. The lowest BCUT2D eigenvalue weighted by Crippen LogP contribution is -2.40. The minimum absolute atomic E-state index is 0.0975. The van der Waals surface area contributed by atoms with Crippen LogP contribution in [0.2, 0.25) is 0 Å². The Balaban J connectivity index is 1.92. The quantitative estimate of drug-likeness (QED) is 0.771. The summed E-state index contributed by atoms with van der Waals surface area (Å²) in [7, 11) is 1.59. The van der Waals surface area contributed by atoms with E-state index in [4.69, 9.17) is 4.74 Å². The number of aromatic nitrogens is 2. The summed E-state index contributed by atoms with van der Waals surface area (Å²) in [5.74, 6) is 0.693. The van der Waals surface area contributed by atoms with E-state index in [1.807, 2.05) is 36.4 Å². The second-order valence-electron chi connectivity index (χ2n) is 6.49. The number of carboxylic acid groups (broad SMARTS) is 1. The minimum Gasteiger partial charge on any atom is -0.496 e. The number of methoxy groups -OCH3 is 1. The monoisotopic (exact) mass is 365 g/mol. The topological polar surface area (TPSA) is 84.7 Å². The zero-order valence-electron chi connectivity index (χ0n) is 14.9. The molecule has 0 saturated carbocycles. The lowest BCUT2D eigenvalue weighted by molar-refractivity contribution is 0.139. The van der Waals surface area contributed by atoms with Crippen molar-refractivity contribution in [1.82, 2.24) is 14.5 Å². The Hall–Kier alpha value is -3.35. The zero-order chi connectivity index (χ0) is 19.0. The molecule has 7 heteroatoms. The number of rotatable bonds is 3. The Kier molecular flexibility index (Phi) is 4.27. The van der Waals surface area contributed by atoms with Crippen LogP contribution in [-0.4, -0.2) is 39.3 Å². The molecule has 1 aliphatic heterocycles. The van der Waals surface area contributed by atoms with Crippen LogP contribution in [-0.2, 0) is 19.5 Å². The van der Waals surface area contributed by atoms with Crippen LogP contribution in [0.4, 0.5) is 4.79 Å². The molecular weight excluding hydrogens is 346 g/mol. The summed E-state index contributed by atoms with van der Waals surface area (Å²) in [5, 5.41) is 10.2. The van der Waals surface area contributed by atoms with Crippen molar-refractivity contribution < 1.29 is 14.6 Å². The van der Waals surface area contributed by atoms with E-state index in [0.29, 0.717) is 36.5 Å². The lowest BCUT2D eigenvalue weighted by Gasteiger charge is -2.27. The van der Waals surface area contributed by atoms with Crippen molar-refractivity contribution in [2.24, 2.45) is 0 Å². The van der Waals surface area contributed by atoms with Gasteiger partial charge in [0.05, 0.1) is 20.2 Å². The molecular formula is C20H19N3O4. The third-order valence-electron chi connectivity index (χ3n) is 5.01. The Morgan fingerprint density at radius 3 is 2.81 bits per heavy atom. The normalized spacial score (nSPS) is 13.4. The minimum atomic E-state index is -1.01. The summed E-state index contributed by atoms with van der Waals surface area (Å²) in [6.45, 7) is 0.777. The first-order valence-corrected chi connectivity index (χ1v) is 8.69. The molecule has 0 aliphatic carbocycles. The molecule has 1 amide bonds. The van der Waals surface area contributed by atoms with Crippen LogP contribution in [0.25, 0.3) is 11.0 Å². The summed E-state index contributed by atoms with van der Waals surface area (Å²) < 4.78 is 7.02. The lowest BCUT2D eigenvalue weighted by atomic mass is 9.97. The summed E-state index contributed by atoms with van der Waals surface area (Å²) in [6, 6.07) is 11.3. The molecule has 0 radical (unpaired) electrons. The van der Waals surface area contributed by atoms with E-state index in [9.17, 15) is 14.7 Å². The summed E-state index contributed by atoms with van der Waals surface area (Å²) in [4.78, 5) is 30.4. The molecule has 2 aromatic heterocycles. The van der Waals surface area contributed by atoms with Gasteiger partial charge in [0, 0.05) is 29.3 Å². The van der Waals surface area contributed by atoms with Crippen molar-refractivity contribution in [2.75, 3.05) is 13.7 Å². The summed E-state index contributed by atoms with van der Waals surface area (Å²) >= 11 is 0. The molecule has 27 heavy (non-hydrogen) atoms. The van der Waals surface area contributed by atoms with Crippen molar-refractivity contribution in [3.05, 3.63) is 69.6 Å². The van der Waals surface area contributed by atoms with Crippen LogP contribution in [0.15, 0.2) is 47.4 Å². The summed E-state index contributed by atoms with van der Waals surface area (Å²) in [5.41, 5.74) is 2.69. The third-order valence-corrected chi connectivity index (χ3v) is 5.01. The largest absolute Gasteiger partial charge is 0.496 e. The van der Waals surface area contributed by atoms with Gasteiger partial charge in [-0.1, -0.05) is 18.2 Å². The van der Waals surface area contributed by atoms with Gasteiger partial charge in [-0.05, 0) is 30.2 Å². The number of pyridine rings is 2. The smallest absolute Gasteiger partial charge is 0.407 e. The number of amides is 1. The van der Waals surface area contributed by atoms with Gasteiger partial charge in [0.1, 0.15) is 11.4 Å². The highest BCUT2D eigenvalue weighted by Gasteiger charge is 2.26. The van der Waals surface area contributed by atoms with Crippen LogP contribution in [0, 0.1) is 0 Å². The number of hydrogen-bond acceptors (Lipinski definition) is 4. The van der Waals surface area contributed by atoms with Crippen molar-refractivity contribution in [2.45, 2.75) is 19.5 Å². The molecule has 4 rings (SSSR count). The SMILES string of the molecule is COc1ccccc1Cn1c(=O)c2c(c3cccnc31)CCN(C(=O)O)C2. The van der Waals surface area contributed by atoms with Gasteiger partial charge in [-0.2, -0.15) is 0 Å². The van der Waals surface area contributed by atoms with Crippen LogP contribution in [0.3, 0.4) is 0 Å². The second-order valence-corrected chi connectivity index (χ2v) is 6.49. The molecule has 0 spiro atoms. The molecule has 1 aliphatic rings. The van der Waals surface area contributed by atoms with Gasteiger partial charge in [-0.25, -0.2) is 9.78 Å². The van der Waals surface area contributed by atoms with Crippen molar-refractivity contribution >= 4 is 17.1 Å². The van der Waals surface area contributed by atoms with Gasteiger partial charge in [-0.15, -0.1) is 0 Å². The van der Waals surface area contributed by atoms with Crippen LogP contribution in [0.5, 0.6) is 5.75 Å². The molecule has 0 bridgehead atoms. The van der Waals surface area contributed by atoms with Gasteiger partial charge < -0.3 is 14.7 Å². The maximum absolute atomic E-state index is 13.3. The highest BCUT2D eigenvalue weighted by Crippen LogP contribution is 2.26. The summed E-state index contributed by atoms with van der Waals surface area (Å²) in [6.07, 6.45) is 1.16. The number of benzene rings is 1. The molecule has 1 N–H and O–H groups in total. The average Bonchev–Trinajstić information content (AvgIpc) is 2.71. The number of nitrogens with zero attached hydrogens (tertiary/aromatic N) is 3. The molecule has 7 nitrogen and oxygen atoms in total. The first kappa shape index (κ1) is 17.1. The van der Waals surface area contributed by atoms with E-state index in [1.165, 1.54) is 4.90 Å². The fourth-order valence-corrected chi connectivity index (χ4v) is 3.68. The van der Waals surface area contributed by atoms with Crippen LogP contribution < -0.4 is 10.3 Å². The number of ether oxygens (including phenoxy) is 1. The van der Waals surface area contributed by atoms with E-state index in [-0.39, 0.29) is 12.1 Å². The van der Waals surface area contributed by atoms with Crippen molar-refractivity contribution in [3.63, 3.8) is 0 Å². The Bertz CT molecular complexity index is 1090. The number of para-hydroxylation sites is 1. The second kappa shape index (κ2) is 6.75. The molecule has 3 heterocycles. The molecule has 0 saturated heterocycles. The maximum Gasteiger partial charge on any atom is 0.407 e. The van der Waals surface area contributed by atoms with Gasteiger partial charge in [0.2, 0.25) is 0 Å². The average molecular weight is 365 g/mol. The van der Waals surface area contributed by atoms with E-state index in [0.717, 1.165) is 16.5 Å². The fourth-order valence-electron chi connectivity index (χ4n) is 3.68. The maximum atomic E-state index is 13.3. The van der Waals surface area contributed by atoms with Gasteiger partial charge in [-0.3, -0.25) is 9.36 Å². The zero-order valence-corrected chi connectivity index (χ0v) is 14.9.